The fraction of sp³-hybridized carbons (Fsp3) is 0.310. The van der Waals surface area contributed by atoms with Crippen LogP contribution in [0, 0.1) is 11.8 Å². The van der Waals surface area contributed by atoms with Gasteiger partial charge in [0.1, 0.15) is 0 Å². The number of aryl methyl sites for hydroxylation is 2. The van der Waals surface area contributed by atoms with Gasteiger partial charge in [-0.25, -0.2) is 0 Å². The first-order valence-corrected chi connectivity index (χ1v) is 11.2. The summed E-state index contributed by atoms with van der Waals surface area (Å²) in [4.78, 5) is 0. The molecule has 0 radical (unpaired) electrons. The van der Waals surface area contributed by atoms with Crippen LogP contribution in [0.3, 0.4) is 0 Å². The lowest BCUT2D eigenvalue weighted by atomic mass is 9.95. The van der Waals surface area contributed by atoms with Gasteiger partial charge >= 0.3 is 0 Å². The molecule has 4 rings (SSSR count). The summed E-state index contributed by atoms with van der Waals surface area (Å²) in [5.74, 6) is 1.22. The summed E-state index contributed by atoms with van der Waals surface area (Å²) in [6.45, 7) is 0. The number of rotatable bonds is 10. The molecule has 0 spiro atoms. The van der Waals surface area contributed by atoms with Crippen LogP contribution in [0.1, 0.15) is 43.2 Å². The van der Waals surface area contributed by atoms with Crippen molar-refractivity contribution in [2.75, 3.05) is 0 Å². The molecule has 0 nitrogen and oxygen atoms in total. The first-order chi connectivity index (χ1) is 14.3. The first kappa shape index (κ1) is 19.7. The molecule has 2 aliphatic carbocycles. The van der Waals surface area contributed by atoms with Gasteiger partial charge in [0.25, 0.3) is 0 Å². The monoisotopic (exact) mass is 380 g/mol. The Morgan fingerprint density at radius 1 is 0.517 bits per heavy atom. The molecule has 0 bridgehead atoms. The van der Waals surface area contributed by atoms with E-state index in [4.69, 9.17) is 0 Å². The molecule has 2 unspecified atom stereocenters. The minimum Gasteiger partial charge on any atom is -0.0773 e. The highest BCUT2D eigenvalue weighted by atomic mass is 14.2. The van der Waals surface area contributed by atoms with Gasteiger partial charge in [0.05, 0.1) is 0 Å². The molecule has 0 fully saturated rings. The highest BCUT2D eigenvalue weighted by Crippen LogP contribution is 2.30. The molecule has 0 heteroatoms. The molecule has 0 amide bonds. The van der Waals surface area contributed by atoms with E-state index in [0.717, 1.165) is 0 Å². The largest absolute Gasteiger partial charge is 0.0773 e. The van der Waals surface area contributed by atoms with E-state index in [1.807, 2.05) is 0 Å². The van der Waals surface area contributed by atoms with Gasteiger partial charge in [-0.2, -0.15) is 0 Å². The van der Waals surface area contributed by atoms with Gasteiger partial charge < -0.3 is 0 Å². The lowest BCUT2D eigenvalue weighted by Crippen LogP contribution is -1.98. The van der Waals surface area contributed by atoms with Crippen molar-refractivity contribution in [1.29, 1.82) is 0 Å². The summed E-state index contributed by atoms with van der Waals surface area (Å²) in [6, 6.07) is 21.7. The van der Waals surface area contributed by atoms with E-state index in [9.17, 15) is 0 Å². The summed E-state index contributed by atoms with van der Waals surface area (Å²) in [6.07, 6.45) is 23.0. The van der Waals surface area contributed by atoms with E-state index < -0.39 is 0 Å². The quantitative estimate of drug-likeness (QED) is 0.397. The maximum Gasteiger partial charge on any atom is -0.00359 e. The third-order valence-electron chi connectivity index (χ3n) is 6.06. The molecule has 29 heavy (non-hydrogen) atoms. The zero-order chi connectivity index (χ0) is 19.7. The molecule has 2 aromatic carbocycles. The van der Waals surface area contributed by atoms with Crippen LogP contribution < -0.4 is 0 Å². The zero-order valence-corrected chi connectivity index (χ0v) is 17.3. The van der Waals surface area contributed by atoms with Gasteiger partial charge in [-0.3, -0.25) is 0 Å². The van der Waals surface area contributed by atoms with Crippen molar-refractivity contribution in [1.82, 2.24) is 0 Å². The van der Waals surface area contributed by atoms with E-state index in [1.54, 1.807) is 0 Å². The molecule has 0 heterocycles. The van der Waals surface area contributed by atoms with Gasteiger partial charge in [0, 0.05) is 0 Å². The molecule has 0 saturated carbocycles. The van der Waals surface area contributed by atoms with E-state index in [-0.39, 0.29) is 0 Å². The van der Waals surface area contributed by atoms with Gasteiger partial charge in [-0.1, -0.05) is 108 Å². The lowest BCUT2D eigenvalue weighted by Gasteiger charge is -2.09. The topological polar surface area (TPSA) is 0 Å². The average Bonchev–Trinajstić information content (AvgIpc) is 3.39. The zero-order valence-electron chi connectivity index (χ0n) is 17.3. The Balaban J connectivity index is 1.17. The molecule has 2 aliphatic rings. The Labute approximate surface area is 176 Å². The average molecular weight is 381 g/mol. The normalized spacial score (nSPS) is 20.1. The second kappa shape index (κ2) is 10.3. The van der Waals surface area contributed by atoms with E-state index in [0.29, 0.717) is 11.8 Å². The van der Waals surface area contributed by atoms with Crippen molar-refractivity contribution in [3.8, 4) is 0 Å². The van der Waals surface area contributed by atoms with E-state index in [2.05, 4.69) is 97.1 Å². The molecular weight excluding hydrogens is 348 g/mol. The summed E-state index contributed by atoms with van der Waals surface area (Å²) in [5, 5.41) is 0. The molecular formula is C29H32. The Morgan fingerprint density at radius 2 is 0.966 bits per heavy atom. The predicted molar refractivity (Wildman–Crippen MR) is 125 cm³/mol. The predicted octanol–water partition coefficient (Wildman–Crippen LogP) is 7.65. The van der Waals surface area contributed by atoms with Gasteiger partial charge in [0.2, 0.25) is 0 Å². The van der Waals surface area contributed by atoms with E-state index in [1.165, 1.54) is 67.2 Å². The van der Waals surface area contributed by atoms with Crippen molar-refractivity contribution >= 4 is 0 Å². The van der Waals surface area contributed by atoms with Crippen LogP contribution in [0.25, 0.3) is 0 Å². The van der Waals surface area contributed by atoms with Crippen LogP contribution >= 0.6 is 0 Å². The first-order valence-electron chi connectivity index (χ1n) is 11.2. The van der Waals surface area contributed by atoms with Crippen molar-refractivity contribution in [2.24, 2.45) is 11.8 Å². The van der Waals surface area contributed by atoms with Crippen LogP contribution in [0.5, 0.6) is 0 Å². The van der Waals surface area contributed by atoms with Gasteiger partial charge in [0.15, 0.2) is 0 Å². The molecule has 0 saturated heterocycles. The Kier molecular flexibility index (Phi) is 6.97. The third-order valence-corrected chi connectivity index (χ3v) is 6.06. The lowest BCUT2D eigenvalue weighted by molar-refractivity contribution is 0.632. The molecule has 0 aliphatic heterocycles. The molecule has 0 aromatic heterocycles. The standard InChI is InChI=1S/C29H32/c1-3-9-24(10-4-1)13-7-15-26-17-19-28(21-26)23-29-20-18-27(22-29)16-8-14-25-11-5-2-6-12-25/h1-6,9-12,17-22,28-29H,7-8,13-16,23H2. The van der Waals surface area contributed by atoms with E-state index >= 15 is 0 Å². The number of benzene rings is 2. The Morgan fingerprint density at radius 3 is 1.41 bits per heavy atom. The van der Waals surface area contributed by atoms with Crippen molar-refractivity contribution in [3.63, 3.8) is 0 Å². The SMILES string of the molecule is C1=CC(CC2C=CC(CCCc3ccccc3)=C2)C=C1CCCc1ccccc1. The van der Waals surface area contributed by atoms with Gasteiger partial charge in [-0.05, 0) is 67.9 Å². The molecule has 2 aromatic rings. The number of hydrogen-bond acceptors (Lipinski definition) is 0. The summed E-state index contributed by atoms with van der Waals surface area (Å²) >= 11 is 0. The maximum atomic E-state index is 2.50. The fourth-order valence-corrected chi connectivity index (χ4v) is 4.49. The van der Waals surface area contributed by atoms with Crippen LogP contribution in [-0.4, -0.2) is 0 Å². The second-order valence-electron chi connectivity index (χ2n) is 8.44. The Bertz CT molecular complexity index is 805. The molecule has 148 valence electrons. The number of allylic oxidation sites excluding steroid dienone is 8. The smallest absolute Gasteiger partial charge is 0.00359 e. The minimum atomic E-state index is 0.608. The van der Waals surface area contributed by atoms with Gasteiger partial charge in [-0.15, -0.1) is 0 Å². The molecule has 2 atom stereocenters. The van der Waals surface area contributed by atoms with Crippen molar-refractivity contribution < 1.29 is 0 Å². The second-order valence-corrected chi connectivity index (χ2v) is 8.44. The number of hydrogen-bond donors (Lipinski definition) is 0. The van der Waals surface area contributed by atoms with Crippen LogP contribution in [0.15, 0.2) is 108 Å². The van der Waals surface area contributed by atoms with Crippen molar-refractivity contribution in [2.45, 2.75) is 44.9 Å². The summed E-state index contributed by atoms with van der Waals surface area (Å²) in [7, 11) is 0. The summed E-state index contributed by atoms with van der Waals surface area (Å²) in [5.41, 5.74) is 5.96. The maximum absolute atomic E-state index is 2.50. The molecule has 0 N–H and O–H groups in total. The third kappa shape index (κ3) is 6.19. The van der Waals surface area contributed by atoms with Crippen LogP contribution in [0.4, 0.5) is 0 Å². The summed E-state index contributed by atoms with van der Waals surface area (Å²) < 4.78 is 0. The fourth-order valence-electron chi connectivity index (χ4n) is 4.49. The van der Waals surface area contributed by atoms with Crippen LogP contribution in [-0.2, 0) is 12.8 Å². The highest BCUT2D eigenvalue weighted by Gasteiger charge is 2.16. The minimum absolute atomic E-state index is 0.608. The van der Waals surface area contributed by atoms with Crippen LogP contribution in [0.2, 0.25) is 0 Å². The Hall–Kier alpha value is -2.60. The highest BCUT2D eigenvalue weighted by molar-refractivity contribution is 5.33. The van der Waals surface area contributed by atoms with Crippen molar-refractivity contribution in [3.05, 3.63) is 119 Å².